The van der Waals surface area contributed by atoms with Gasteiger partial charge < -0.3 is 10.5 Å². The first kappa shape index (κ1) is 17.8. The van der Waals surface area contributed by atoms with Crippen LogP contribution in [0.1, 0.15) is 20.8 Å². The van der Waals surface area contributed by atoms with Crippen LogP contribution < -0.4 is 10.5 Å². The lowest BCUT2D eigenvalue weighted by Crippen LogP contribution is -2.33. The van der Waals surface area contributed by atoms with Crippen LogP contribution in [0.4, 0.5) is 5.69 Å². The van der Waals surface area contributed by atoms with E-state index < -0.39 is 35.9 Å². The van der Waals surface area contributed by atoms with Crippen molar-refractivity contribution in [2.24, 2.45) is 0 Å². The standard InChI is InChI=1S/C13H21NO5S2/c1-13(2,3)21(17,18)8-7-20(15,16)12-6-5-10(14)9-11(12)19-4/h5-6,9H,7-8,14H2,1-4H3. The van der Waals surface area contributed by atoms with Crippen molar-refractivity contribution in [1.29, 1.82) is 0 Å². The minimum Gasteiger partial charge on any atom is -0.495 e. The van der Waals surface area contributed by atoms with Crippen molar-refractivity contribution in [1.82, 2.24) is 0 Å². The number of nitrogen functional groups attached to an aromatic ring is 1. The molecule has 8 heteroatoms. The molecule has 0 spiro atoms. The predicted octanol–water partition coefficient (Wildman–Crippen LogP) is 1.26. The maximum absolute atomic E-state index is 12.3. The summed E-state index contributed by atoms with van der Waals surface area (Å²) in [5.74, 6) is -0.817. The Balaban J connectivity index is 3.10. The maximum atomic E-state index is 12.3. The molecule has 6 nitrogen and oxygen atoms in total. The Labute approximate surface area is 126 Å². The average Bonchev–Trinajstić information content (AvgIpc) is 2.35. The maximum Gasteiger partial charge on any atom is 0.183 e. The fourth-order valence-corrected chi connectivity index (χ4v) is 4.89. The summed E-state index contributed by atoms with van der Waals surface area (Å²) >= 11 is 0. The zero-order valence-corrected chi connectivity index (χ0v) is 14.2. The molecule has 1 aromatic rings. The Hall–Kier alpha value is -1.28. The molecule has 0 amide bonds. The van der Waals surface area contributed by atoms with Crippen LogP contribution in [0.3, 0.4) is 0 Å². The molecule has 0 unspecified atom stereocenters. The SMILES string of the molecule is COc1cc(N)ccc1S(=O)(=O)CCS(=O)(=O)C(C)(C)C. The monoisotopic (exact) mass is 335 g/mol. The number of hydrogen-bond acceptors (Lipinski definition) is 6. The van der Waals surface area contributed by atoms with Gasteiger partial charge in [-0.15, -0.1) is 0 Å². The Morgan fingerprint density at radius 3 is 2.14 bits per heavy atom. The first-order chi connectivity index (χ1) is 9.40. The quantitative estimate of drug-likeness (QED) is 0.813. The molecule has 1 rings (SSSR count). The minimum atomic E-state index is -3.77. The molecular formula is C13H21NO5S2. The second kappa shape index (κ2) is 5.84. The number of benzene rings is 1. The van der Waals surface area contributed by atoms with Gasteiger partial charge in [-0.2, -0.15) is 0 Å². The first-order valence-corrected chi connectivity index (χ1v) is 9.60. The molecule has 1 aromatic carbocycles. The van der Waals surface area contributed by atoms with Crippen LogP contribution in [-0.4, -0.2) is 40.2 Å². The van der Waals surface area contributed by atoms with E-state index in [0.717, 1.165) is 0 Å². The van der Waals surface area contributed by atoms with Crippen molar-refractivity contribution in [3.05, 3.63) is 18.2 Å². The Morgan fingerprint density at radius 2 is 1.67 bits per heavy atom. The third-order valence-electron chi connectivity index (χ3n) is 3.08. The van der Waals surface area contributed by atoms with Gasteiger partial charge in [0.15, 0.2) is 19.7 Å². The summed E-state index contributed by atoms with van der Waals surface area (Å²) in [6.45, 7) is 4.62. The second-order valence-electron chi connectivity index (χ2n) is 5.66. The molecule has 0 aliphatic carbocycles. The van der Waals surface area contributed by atoms with Gasteiger partial charge in [0, 0.05) is 11.8 Å². The third kappa shape index (κ3) is 4.10. The van der Waals surface area contributed by atoms with Crippen LogP contribution in [0.5, 0.6) is 5.75 Å². The van der Waals surface area contributed by atoms with Crippen molar-refractivity contribution < 1.29 is 21.6 Å². The highest BCUT2D eigenvalue weighted by atomic mass is 32.2. The van der Waals surface area contributed by atoms with E-state index in [0.29, 0.717) is 5.69 Å². The fourth-order valence-electron chi connectivity index (χ4n) is 1.58. The molecular weight excluding hydrogens is 314 g/mol. The van der Waals surface area contributed by atoms with Crippen molar-refractivity contribution >= 4 is 25.4 Å². The van der Waals surface area contributed by atoms with E-state index in [1.54, 1.807) is 20.8 Å². The van der Waals surface area contributed by atoms with E-state index in [2.05, 4.69) is 0 Å². The number of rotatable bonds is 5. The molecule has 120 valence electrons. The zero-order valence-electron chi connectivity index (χ0n) is 12.6. The van der Waals surface area contributed by atoms with E-state index >= 15 is 0 Å². The van der Waals surface area contributed by atoms with E-state index in [9.17, 15) is 16.8 Å². The highest BCUT2D eigenvalue weighted by molar-refractivity contribution is 7.95. The van der Waals surface area contributed by atoms with Gasteiger partial charge in [-0.05, 0) is 32.9 Å². The van der Waals surface area contributed by atoms with Crippen LogP contribution in [0.15, 0.2) is 23.1 Å². The van der Waals surface area contributed by atoms with E-state index in [1.165, 1.54) is 25.3 Å². The zero-order chi connectivity index (χ0) is 16.5. The summed E-state index contributed by atoms with van der Waals surface area (Å²) in [6, 6.07) is 4.16. The van der Waals surface area contributed by atoms with E-state index in [1.807, 2.05) is 0 Å². The van der Waals surface area contributed by atoms with Crippen LogP contribution in [0.2, 0.25) is 0 Å². The Bertz CT molecular complexity index is 715. The molecule has 0 heterocycles. The van der Waals surface area contributed by atoms with Gasteiger partial charge in [0.2, 0.25) is 0 Å². The van der Waals surface area contributed by atoms with Gasteiger partial charge in [0.1, 0.15) is 10.6 Å². The average molecular weight is 335 g/mol. The molecule has 0 saturated heterocycles. The summed E-state index contributed by atoms with van der Waals surface area (Å²) in [5.41, 5.74) is 5.94. The fraction of sp³-hybridized carbons (Fsp3) is 0.538. The van der Waals surface area contributed by atoms with Gasteiger partial charge in [-0.25, -0.2) is 16.8 Å². The molecule has 0 saturated carbocycles. The van der Waals surface area contributed by atoms with E-state index in [4.69, 9.17) is 10.5 Å². The largest absolute Gasteiger partial charge is 0.495 e. The number of hydrogen-bond donors (Lipinski definition) is 1. The lowest BCUT2D eigenvalue weighted by Gasteiger charge is -2.19. The number of sulfone groups is 2. The third-order valence-corrected chi connectivity index (χ3v) is 7.69. The molecule has 0 aliphatic rings. The first-order valence-electron chi connectivity index (χ1n) is 6.29. The highest BCUT2D eigenvalue weighted by Gasteiger charge is 2.31. The topological polar surface area (TPSA) is 104 Å². The van der Waals surface area contributed by atoms with E-state index in [-0.39, 0.29) is 10.6 Å². The molecule has 0 aromatic heterocycles. The molecule has 0 atom stereocenters. The summed E-state index contributed by atoms with van der Waals surface area (Å²) in [4.78, 5) is -0.0525. The summed E-state index contributed by atoms with van der Waals surface area (Å²) in [5, 5.41) is 0. The van der Waals surface area contributed by atoms with Gasteiger partial charge in [-0.3, -0.25) is 0 Å². The predicted molar refractivity (Wildman–Crippen MR) is 83.0 cm³/mol. The molecule has 0 radical (unpaired) electrons. The molecule has 0 bridgehead atoms. The summed E-state index contributed by atoms with van der Waals surface area (Å²) < 4.78 is 52.7. The Morgan fingerprint density at radius 1 is 1.10 bits per heavy atom. The lowest BCUT2D eigenvalue weighted by atomic mass is 10.3. The van der Waals surface area contributed by atoms with Gasteiger partial charge >= 0.3 is 0 Å². The van der Waals surface area contributed by atoms with Gasteiger partial charge in [0.25, 0.3) is 0 Å². The highest BCUT2D eigenvalue weighted by Crippen LogP contribution is 2.27. The number of nitrogens with two attached hydrogens (primary N) is 1. The number of methoxy groups -OCH3 is 1. The molecule has 0 aliphatic heterocycles. The smallest absolute Gasteiger partial charge is 0.183 e. The molecule has 2 N–H and O–H groups in total. The summed E-state index contributed by atoms with van der Waals surface area (Å²) in [7, 11) is -5.95. The van der Waals surface area contributed by atoms with Crippen LogP contribution in [0, 0.1) is 0 Å². The van der Waals surface area contributed by atoms with Crippen molar-refractivity contribution in [2.75, 3.05) is 24.3 Å². The van der Waals surface area contributed by atoms with Gasteiger partial charge in [0.05, 0.1) is 23.4 Å². The normalized spacial score (nSPS) is 13.1. The van der Waals surface area contributed by atoms with Crippen LogP contribution >= 0.6 is 0 Å². The van der Waals surface area contributed by atoms with Crippen LogP contribution in [0.25, 0.3) is 0 Å². The minimum absolute atomic E-state index is 0.0525. The van der Waals surface area contributed by atoms with Crippen LogP contribution in [-0.2, 0) is 19.7 Å². The van der Waals surface area contributed by atoms with Gasteiger partial charge in [-0.1, -0.05) is 0 Å². The Kier molecular flexibility index (Phi) is 4.94. The summed E-state index contributed by atoms with van der Waals surface area (Å²) in [6.07, 6.45) is 0. The van der Waals surface area contributed by atoms with Crippen molar-refractivity contribution in [2.45, 2.75) is 30.4 Å². The number of anilines is 1. The van der Waals surface area contributed by atoms with Crippen molar-refractivity contribution in [3.63, 3.8) is 0 Å². The van der Waals surface area contributed by atoms with Crippen molar-refractivity contribution in [3.8, 4) is 5.75 Å². The second-order valence-corrected chi connectivity index (χ2v) is 10.6. The molecule has 0 fully saturated rings. The lowest BCUT2D eigenvalue weighted by molar-refractivity contribution is 0.403. The number of ether oxygens (including phenoxy) is 1. The molecule has 21 heavy (non-hydrogen) atoms.